The third-order valence-corrected chi connectivity index (χ3v) is 4.65. The van der Waals surface area contributed by atoms with Crippen LogP contribution in [-0.4, -0.2) is 40.0 Å². The fourth-order valence-corrected chi connectivity index (χ4v) is 2.95. The lowest BCUT2D eigenvalue weighted by molar-refractivity contribution is -0.150. The normalized spacial score (nSPS) is 21.9. The Bertz CT molecular complexity index is 592. The third-order valence-electron chi connectivity index (χ3n) is 4.13. The maximum absolute atomic E-state index is 12.5. The SMILES string of the molecule is CC(C)C1(C(=O)O)CCN(C(=O)c2nc(Cl)ccc2Cl)C1. The van der Waals surface area contributed by atoms with Crippen molar-refractivity contribution in [2.75, 3.05) is 13.1 Å². The molecule has 0 aliphatic carbocycles. The molecule has 1 saturated heterocycles. The summed E-state index contributed by atoms with van der Waals surface area (Å²) in [7, 11) is 0. The van der Waals surface area contributed by atoms with E-state index in [2.05, 4.69) is 4.98 Å². The monoisotopic (exact) mass is 330 g/mol. The predicted molar refractivity (Wildman–Crippen MR) is 79.7 cm³/mol. The van der Waals surface area contributed by atoms with Crippen LogP contribution in [0.3, 0.4) is 0 Å². The number of carbonyl (C=O) groups excluding carboxylic acids is 1. The number of pyridine rings is 1. The maximum atomic E-state index is 12.5. The van der Waals surface area contributed by atoms with Crippen LogP contribution in [0.2, 0.25) is 10.2 Å². The number of likely N-dealkylation sites (tertiary alicyclic amines) is 1. The van der Waals surface area contributed by atoms with Crippen LogP contribution in [-0.2, 0) is 4.79 Å². The molecule has 21 heavy (non-hydrogen) atoms. The summed E-state index contributed by atoms with van der Waals surface area (Å²) in [4.78, 5) is 29.5. The Labute approximate surface area is 132 Å². The molecule has 1 atom stereocenters. The first-order valence-corrected chi connectivity index (χ1v) is 7.38. The van der Waals surface area contributed by atoms with Crippen LogP contribution in [0.5, 0.6) is 0 Å². The first kappa shape index (κ1) is 16.0. The van der Waals surface area contributed by atoms with E-state index in [0.717, 1.165) is 0 Å². The van der Waals surface area contributed by atoms with E-state index in [1.807, 2.05) is 13.8 Å². The molecule has 0 aromatic carbocycles. The van der Waals surface area contributed by atoms with Crippen molar-refractivity contribution in [1.29, 1.82) is 0 Å². The second-order valence-corrected chi connectivity index (χ2v) is 6.35. The molecule has 5 nitrogen and oxygen atoms in total. The average Bonchev–Trinajstić information content (AvgIpc) is 2.87. The fourth-order valence-electron chi connectivity index (χ4n) is 2.62. The number of carboxylic acid groups (broad SMARTS) is 1. The van der Waals surface area contributed by atoms with Crippen molar-refractivity contribution in [2.24, 2.45) is 11.3 Å². The smallest absolute Gasteiger partial charge is 0.311 e. The summed E-state index contributed by atoms with van der Waals surface area (Å²) in [6.07, 6.45) is 0.421. The summed E-state index contributed by atoms with van der Waals surface area (Å²) in [6.45, 7) is 4.23. The number of nitrogens with zero attached hydrogens (tertiary/aromatic N) is 2. The number of carboxylic acids is 1. The van der Waals surface area contributed by atoms with Crippen molar-refractivity contribution >= 4 is 35.1 Å². The summed E-state index contributed by atoms with van der Waals surface area (Å²) in [5.41, 5.74) is -0.852. The Morgan fingerprint density at radius 3 is 2.57 bits per heavy atom. The standard InChI is InChI=1S/C14H16Cl2N2O3/c1-8(2)14(13(20)21)5-6-18(7-14)12(19)11-9(15)3-4-10(16)17-11/h3-4,8H,5-7H2,1-2H3,(H,20,21). The minimum atomic E-state index is -0.916. The van der Waals surface area contributed by atoms with Gasteiger partial charge in [-0.15, -0.1) is 0 Å². The van der Waals surface area contributed by atoms with Gasteiger partial charge < -0.3 is 10.0 Å². The van der Waals surface area contributed by atoms with Crippen molar-refractivity contribution in [3.63, 3.8) is 0 Å². The van der Waals surface area contributed by atoms with E-state index in [-0.39, 0.29) is 34.2 Å². The van der Waals surface area contributed by atoms with Crippen molar-refractivity contribution in [3.8, 4) is 0 Å². The van der Waals surface area contributed by atoms with E-state index in [1.54, 1.807) is 0 Å². The Balaban J connectivity index is 2.27. The molecule has 1 fully saturated rings. The van der Waals surface area contributed by atoms with Crippen LogP contribution >= 0.6 is 23.2 Å². The van der Waals surface area contributed by atoms with Gasteiger partial charge in [-0.25, -0.2) is 4.98 Å². The van der Waals surface area contributed by atoms with Gasteiger partial charge in [0.05, 0.1) is 10.4 Å². The quantitative estimate of drug-likeness (QED) is 0.865. The molecule has 1 aromatic rings. The molecule has 0 saturated carbocycles. The number of hydrogen-bond acceptors (Lipinski definition) is 3. The van der Waals surface area contributed by atoms with Gasteiger partial charge in [0.25, 0.3) is 5.91 Å². The fraction of sp³-hybridized carbons (Fsp3) is 0.500. The summed E-state index contributed by atoms with van der Waals surface area (Å²) < 4.78 is 0. The lowest BCUT2D eigenvalue weighted by Crippen LogP contribution is -2.40. The van der Waals surface area contributed by atoms with E-state index in [1.165, 1.54) is 17.0 Å². The summed E-state index contributed by atoms with van der Waals surface area (Å²) in [6, 6.07) is 3.01. The zero-order valence-electron chi connectivity index (χ0n) is 11.8. The number of halogens is 2. The molecule has 0 spiro atoms. The molecule has 0 radical (unpaired) electrons. The highest BCUT2D eigenvalue weighted by atomic mass is 35.5. The highest BCUT2D eigenvalue weighted by Gasteiger charge is 2.48. The molecule has 2 rings (SSSR count). The first-order chi connectivity index (χ1) is 9.78. The van der Waals surface area contributed by atoms with Crippen LogP contribution in [0.15, 0.2) is 12.1 Å². The highest BCUT2D eigenvalue weighted by molar-refractivity contribution is 6.34. The van der Waals surface area contributed by atoms with Gasteiger partial charge in [0.2, 0.25) is 0 Å². The van der Waals surface area contributed by atoms with Crippen molar-refractivity contribution in [2.45, 2.75) is 20.3 Å². The molecule has 1 unspecified atom stereocenters. The third kappa shape index (κ3) is 2.85. The van der Waals surface area contributed by atoms with Gasteiger partial charge in [-0.2, -0.15) is 0 Å². The highest BCUT2D eigenvalue weighted by Crippen LogP contribution is 2.38. The average molecular weight is 331 g/mol. The maximum Gasteiger partial charge on any atom is 0.311 e. The molecule has 114 valence electrons. The molecular formula is C14H16Cl2N2O3. The number of hydrogen-bond donors (Lipinski definition) is 1. The van der Waals surface area contributed by atoms with Crippen LogP contribution in [0.4, 0.5) is 0 Å². The lowest BCUT2D eigenvalue weighted by Gasteiger charge is -2.28. The number of aromatic nitrogens is 1. The van der Waals surface area contributed by atoms with E-state index in [9.17, 15) is 14.7 Å². The van der Waals surface area contributed by atoms with E-state index >= 15 is 0 Å². The van der Waals surface area contributed by atoms with E-state index in [0.29, 0.717) is 13.0 Å². The molecule has 0 bridgehead atoms. The molecule has 1 amide bonds. The molecule has 1 aromatic heterocycles. The minimum absolute atomic E-state index is 0.0640. The molecule has 2 heterocycles. The lowest BCUT2D eigenvalue weighted by atomic mass is 9.76. The van der Waals surface area contributed by atoms with Crippen LogP contribution in [0.1, 0.15) is 30.8 Å². The second kappa shape index (κ2) is 5.81. The number of aliphatic carboxylic acids is 1. The van der Waals surface area contributed by atoms with Crippen molar-refractivity contribution < 1.29 is 14.7 Å². The zero-order chi connectivity index (χ0) is 15.8. The summed E-state index contributed by atoms with van der Waals surface area (Å²) >= 11 is 11.8. The van der Waals surface area contributed by atoms with Gasteiger partial charge in [-0.3, -0.25) is 9.59 Å². The van der Waals surface area contributed by atoms with Crippen molar-refractivity contribution in [3.05, 3.63) is 28.0 Å². The Morgan fingerprint density at radius 2 is 2.05 bits per heavy atom. The van der Waals surface area contributed by atoms with Gasteiger partial charge in [0.15, 0.2) is 0 Å². The van der Waals surface area contributed by atoms with Gasteiger partial charge in [-0.1, -0.05) is 37.0 Å². The van der Waals surface area contributed by atoms with Gasteiger partial charge >= 0.3 is 5.97 Å². The number of carbonyl (C=O) groups is 2. The molecule has 1 aliphatic rings. The van der Waals surface area contributed by atoms with Crippen LogP contribution in [0.25, 0.3) is 0 Å². The minimum Gasteiger partial charge on any atom is -0.481 e. The van der Waals surface area contributed by atoms with Crippen molar-refractivity contribution in [1.82, 2.24) is 9.88 Å². The predicted octanol–water partition coefficient (Wildman–Crippen LogP) is 2.96. The van der Waals surface area contributed by atoms with E-state index in [4.69, 9.17) is 23.2 Å². The van der Waals surface area contributed by atoms with Gasteiger partial charge in [-0.05, 0) is 24.5 Å². The topological polar surface area (TPSA) is 70.5 Å². The second-order valence-electron chi connectivity index (χ2n) is 5.56. The van der Waals surface area contributed by atoms with Crippen LogP contribution < -0.4 is 0 Å². The largest absolute Gasteiger partial charge is 0.481 e. The van der Waals surface area contributed by atoms with Gasteiger partial charge in [0, 0.05) is 13.1 Å². The summed E-state index contributed by atoms with van der Waals surface area (Å²) in [5.74, 6) is -1.33. The Kier molecular flexibility index (Phi) is 4.44. The first-order valence-electron chi connectivity index (χ1n) is 6.62. The van der Waals surface area contributed by atoms with Gasteiger partial charge in [0.1, 0.15) is 10.8 Å². The Hall–Kier alpha value is -1.33. The zero-order valence-corrected chi connectivity index (χ0v) is 13.3. The molecule has 7 heteroatoms. The molecule has 1 N–H and O–H groups in total. The molecular weight excluding hydrogens is 315 g/mol. The molecule has 1 aliphatic heterocycles. The van der Waals surface area contributed by atoms with E-state index < -0.39 is 11.4 Å². The Morgan fingerprint density at radius 1 is 1.38 bits per heavy atom. The number of rotatable bonds is 3. The summed E-state index contributed by atoms with van der Waals surface area (Å²) in [5, 5.41) is 9.89. The van der Waals surface area contributed by atoms with Crippen LogP contribution in [0, 0.1) is 11.3 Å². The number of amides is 1.